The van der Waals surface area contributed by atoms with Gasteiger partial charge in [0.05, 0.1) is 13.1 Å². The van der Waals surface area contributed by atoms with E-state index in [0.717, 1.165) is 19.6 Å². The van der Waals surface area contributed by atoms with Crippen molar-refractivity contribution in [2.75, 3.05) is 32.8 Å². The van der Waals surface area contributed by atoms with E-state index >= 15 is 0 Å². The van der Waals surface area contributed by atoms with Gasteiger partial charge in [0.1, 0.15) is 0 Å². The van der Waals surface area contributed by atoms with Crippen LogP contribution in [-0.4, -0.2) is 74.9 Å². The average Bonchev–Trinajstić information content (AvgIpc) is 3.16. The predicted molar refractivity (Wildman–Crippen MR) is 112 cm³/mol. The molecule has 158 valence electrons. The zero-order valence-electron chi connectivity index (χ0n) is 18.3. The molecular formula is C21H36N2O4Si. The third-order valence-corrected chi connectivity index (χ3v) is 10.7. The standard InChI is InChI=1S/C21H36N2O4Si/c1-17(24)27-19-11-15-23(20(19)25)13-8-7-12-22-14-9-10-18(22)16-26-28(5,6)21(2,3)4/h18-19H,9-16H2,1-6H3/t18-,19+/m0/s1. The topological polar surface area (TPSA) is 59.1 Å². The fraction of sp³-hybridized carbons (Fsp3) is 0.810. The molecule has 0 saturated carbocycles. The number of likely N-dealkylation sites (tertiary alicyclic amines) is 2. The molecule has 1 amide bonds. The maximum Gasteiger partial charge on any atom is 0.303 e. The Morgan fingerprint density at radius 3 is 2.50 bits per heavy atom. The Bertz CT molecular complexity index is 633. The van der Waals surface area contributed by atoms with Gasteiger partial charge in [-0.25, -0.2) is 0 Å². The van der Waals surface area contributed by atoms with Crippen LogP contribution in [-0.2, 0) is 18.8 Å². The molecule has 2 rings (SSSR count). The molecular weight excluding hydrogens is 372 g/mol. The van der Waals surface area contributed by atoms with Gasteiger partial charge >= 0.3 is 5.97 Å². The molecule has 2 heterocycles. The SMILES string of the molecule is CC(=O)O[C@@H]1CCN(CC#CCN2CCC[C@H]2CO[Si](C)(C)C(C)(C)C)C1=O. The lowest BCUT2D eigenvalue weighted by atomic mass is 10.2. The number of amides is 1. The van der Waals surface area contributed by atoms with Crippen LogP contribution in [0.25, 0.3) is 0 Å². The van der Waals surface area contributed by atoms with E-state index in [4.69, 9.17) is 9.16 Å². The lowest BCUT2D eigenvalue weighted by Gasteiger charge is -2.37. The van der Waals surface area contributed by atoms with Gasteiger partial charge in [-0.05, 0) is 37.5 Å². The van der Waals surface area contributed by atoms with E-state index in [2.05, 4.69) is 50.6 Å². The molecule has 6 nitrogen and oxygen atoms in total. The number of hydrogen-bond donors (Lipinski definition) is 0. The van der Waals surface area contributed by atoms with Gasteiger partial charge in [0.25, 0.3) is 5.91 Å². The summed E-state index contributed by atoms with van der Waals surface area (Å²) in [7, 11) is -1.73. The highest BCUT2D eigenvalue weighted by Gasteiger charge is 2.38. The van der Waals surface area contributed by atoms with Crippen molar-refractivity contribution in [3.63, 3.8) is 0 Å². The summed E-state index contributed by atoms with van der Waals surface area (Å²) in [6, 6.07) is 0.435. The van der Waals surface area contributed by atoms with Crippen molar-refractivity contribution in [1.82, 2.24) is 9.80 Å². The predicted octanol–water partition coefficient (Wildman–Crippen LogP) is 2.64. The second-order valence-electron chi connectivity index (χ2n) is 9.34. The molecule has 0 radical (unpaired) electrons. The van der Waals surface area contributed by atoms with E-state index in [1.165, 1.54) is 13.3 Å². The summed E-state index contributed by atoms with van der Waals surface area (Å²) in [5, 5.41) is 0.225. The van der Waals surface area contributed by atoms with Crippen LogP contribution in [0.3, 0.4) is 0 Å². The quantitative estimate of drug-likeness (QED) is 0.384. The summed E-state index contributed by atoms with van der Waals surface area (Å²) in [6.07, 6.45) is 2.26. The summed E-state index contributed by atoms with van der Waals surface area (Å²) < 4.78 is 11.4. The minimum absolute atomic E-state index is 0.133. The van der Waals surface area contributed by atoms with E-state index < -0.39 is 20.4 Å². The van der Waals surface area contributed by atoms with Gasteiger partial charge in [-0.2, -0.15) is 0 Å². The Kier molecular flexibility index (Phi) is 7.71. The number of esters is 1. The highest BCUT2D eigenvalue weighted by molar-refractivity contribution is 6.74. The normalized spacial score (nSPS) is 23.6. The highest BCUT2D eigenvalue weighted by Crippen LogP contribution is 2.37. The Morgan fingerprint density at radius 2 is 1.86 bits per heavy atom. The van der Waals surface area contributed by atoms with Gasteiger partial charge in [0, 0.05) is 32.5 Å². The molecule has 0 unspecified atom stereocenters. The summed E-state index contributed by atoms with van der Waals surface area (Å²) >= 11 is 0. The minimum Gasteiger partial charge on any atom is -0.452 e. The molecule has 0 N–H and O–H groups in total. The smallest absolute Gasteiger partial charge is 0.303 e. The van der Waals surface area contributed by atoms with Crippen LogP contribution in [0.15, 0.2) is 0 Å². The van der Waals surface area contributed by atoms with Crippen molar-refractivity contribution < 1.29 is 18.8 Å². The zero-order chi connectivity index (χ0) is 20.9. The summed E-state index contributed by atoms with van der Waals surface area (Å²) in [5.41, 5.74) is 0. The van der Waals surface area contributed by atoms with Crippen molar-refractivity contribution in [2.24, 2.45) is 0 Å². The molecule has 7 heteroatoms. The van der Waals surface area contributed by atoms with Gasteiger partial charge < -0.3 is 14.1 Å². The molecule has 0 bridgehead atoms. The molecule has 0 aromatic heterocycles. The van der Waals surface area contributed by atoms with Crippen LogP contribution in [0.4, 0.5) is 0 Å². The van der Waals surface area contributed by atoms with Crippen LogP contribution < -0.4 is 0 Å². The lowest BCUT2D eigenvalue weighted by molar-refractivity contribution is -0.154. The minimum atomic E-state index is -1.73. The van der Waals surface area contributed by atoms with Crippen LogP contribution in [0, 0.1) is 11.8 Å². The van der Waals surface area contributed by atoms with E-state index in [1.54, 1.807) is 4.90 Å². The van der Waals surface area contributed by atoms with Gasteiger partial charge in [-0.1, -0.05) is 32.6 Å². The first-order chi connectivity index (χ1) is 13.0. The van der Waals surface area contributed by atoms with E-state index in [-0.39, 0.29) is 10.9 Å². The molecule has 2 aliphatic rings. The Balaban J connectivity index is 1.78. The van der Waals surface area contributed by atoms with Crippen molar-refractivity contribution in [2.45, 2.75) is 77.2 Å². The molecule has 0 spiro atoms. The first-order valence-electron chi connectivity index (χ1n) is 10.3. The van der Waals surface area contributed by atoms with Gasteiger partial charge in [-0.3, -0.25) is 14.5 Å². The number of hydrogen-bond acceptors (Lipinski definition) is 5. The molecule has 0 aromatic carbocycles. The van der Waals surface area contributed by atoms with Gasteiger partial charge in [0.15, 0.2) is 14.4 Å². The number of ether oxygens (including phenoxy) is 1. The van der Waals surface area contributed by atoms with E-state index in [0.29, 0.717) is 32.1 Å². The Hall–Kier alpha value is -1.36. The fourth-order valence-corrected chi connectivity index (χ4v) is 4.34. The van der Waals surface area contributed by atoms with E-state index in [1.807, 2.05) is 0 Å². The molecule has 0 aromatic rings. The molecule has 2 aliphatic heterocycles. The van der Waals surface area contributed by atoms with Crippen molar-refractivity contribution in [1.29, 1.82) is 0 Å². The third kappa shape index (κ3) is 6.07. The van der Waals surface area contributed by atoms with Crippen LogP contribution in [0.1, 0.15) is 47.0 Å². The van der Waals surface area contributed by atoms with Crippen molar-refractivity contribution >= 4 is 20.2 Å². The second kappa shape index (κ2) is 9.42. The molecule has 2 atom stereocenters. The second-order valence-corrected chi connectivity index (χ2v) is 14.1. The van der Waals surface area contributed by atoms with Crippen LogP contribution >= 0.6 is 0 Å². The number of carbonyl (C=O) groups is 2. The van der Waals surface area contributed by atoms with Gasteiger partial charge in [-0.15, -0.1) is 0 Å². The monoisotopic (exact) mass is 408 g/mol. The molecule has 0 aliphatic carbocycles. The zero-order valence-corrected chi connectivity index (χ0v) is 19.3. The van der Waals surface area contributed by atoms with Crippen molar-refractivity contribution in [3.8, 4) is 11.8 Å². The highest BCUT2D eigenvalue weighted by atomic mass is 28.4. The average molecular weight is 409 g/mol. The maximum absolute atomic E-state index is 12.2. The summed E-state index contributed by atoms with van der Waals surface area (Å²) in [4.78, 5) is 27.3. The molecule has 2 fully saturated rings. The number of rotatable bonds is 6. The summed E-state index contributed by atoms with van der Waals surface area (Å²) in [6.45, 7) is 16.3. The van der Waals surface area contributed by atoms with Crippen LogP contribution in [0.2, 0.25) is 18.1 Å². The van der Waals surface area contributed by atoms with E-state index in [9.17, 15) is 9.59 Å². The number of nitrogens with zero attached hydrogens (tertiary/aromatic N) is 2. The van der Waals surface area contributed by atoms with Crippen molar-refractivity contribution in [3.05, 3.63) is 0 Å². The Labute approximate surface area is 171 Å². The Morgan fingerprint density at radius 1 is 1.18 bits per heavy atom. The molecule has 28 heavy (non-hydrogen) atoms. The lowest BCUT2D eigenvalue weighted by Crippen LogP contribution is -2.44. The largest absolute Gasteiger partial charge is 0.452 e. The summed E-state index contributed by atoms with van der Waals surface area (Å²) in [5.74, 6) is 5.79. The van der Waals surface area contributed by atoms with Gasteiger partial charge in [0.2, 0.25) is 0 Å². The third-order valence-electron chi connectivity index (χ3n) is 6.18. The first-order valence-corrected chi connectivity index (χ1v) is 13.2. The first kappa shape index (κ1) is 22.9. The number of carbonyl (C=O) groups excluding carboxylic acids is 2. The fourth-order valence-electron chi connectivity index (χ4n) is 3.30. The van der Waals surface area contributed by atoms with Crippen LogP contribution in [0.5, 0.6) is 0 Å². The maximum atomic E-state index is 12.2. The molecule has 2 saturated heterocycles.